The Balaban J connectivity index is 3.37. The highest BCUT2D eigenvalue weighted by Crippen LogP contribution is 2.29. The summed E-state index contributed by atoms with van der Waals surface area (Å²) in [6, 6.07) is 7.58. The van der Waals surface area contributed by atoms with Crippen LogP contribution in [-0.4, -0.2) is 42.1 Å². The Morgan fingerprint density at radius 1 is 1.10 bits per heavy atom. The summed E-state index contributed by atoms with van der Waals surface area (Å²) in [5.74, 6) is -1.02. The Morgan fingerprint density at radius 3 is 1.95 bits per heavy atom. The van der Waals surface area contributed by atoms with Crippen molar-refractivity contribution in [2.24, 2.45) is 5.41 Å². The maximum absolute atomic E-state index is 12.4. The fraction of sp³-hybridized carbons (Fsp3) is 0.467. The highest BCUT2D eigenvalue weighted by atomic mass is 16.4. The first-order valence-electron chi connectivity index (χ1n) is 6.44. The summed E-state index contributed by atoms with van der Waals surface area (Å²) in [5, 5.41) is 9.56. The lowest BCUT2D eigenvalue weighted by Crippen LogP contribution is -2.55. The number of amides is 2. The first kappa shape index (κ1) is 16.0. The van der Waals surface area contributed by atoms with Gasteiger partial charge >= 0.3 is 12.0 Å². The van der Waals surface area contributed by atoms with E-state index in [1.165, 1.54) is 9.80 Å². The minimum absolute atomic E-state index is 0.349. The van der Waals surface area contributed by atoms with E-state index in [9.17, 15) is 14.7 Å². The quantitative estimate of drug-likeness (QED) is 0.924. The summed E-state index contributed by atoms with van der Waals surface area (Å²) < 4.78 is 0. The van der Waals surface area contributed by atoms with Gasteiger partial charge in [0.25, 0.3) is 0 Å². The summed E-state index contributed by atoms with van der Waals surface area (Å²) in [4.78, 5) is 26.8. The van der Waals surface area contributed by atoms with Crippen LogP contribution in [0.25, 0.3) is 0 Å². The van der Waals surface area contributed by atoms with Crippen LogP contribution in [0.3, 0.4) is 0 Å². The molecule has 1 N–H and O–H groups in total. The number of hydrogen-bond acceptors (Lipinski definition) is 2. The number of anilines is 1. The molecule has 1 aromatic rings. The number of hydrogen-bond donors (Lipinski definition) is 1. The largest absolute Gasteiger partial charge is 0.480 e. The molecule has 1 atom stereocenters. The van der Waals surface area contributed by atoms with E-state index in [0.29, 0.717) is 5.69 Å². The molecule has 0 spiro atoms. The molecule has 20 heavy (non-hydrogen) atoms. The number of carboxylic acid groups (broad SMARTS) is 1. The highest BCUT2D eigenvalue weighted by molar-refractivity contribution is 5.98. The van der Waals surface area contributed by atoms with Crippen LogP contribution in [0.5, 0.6) is 0 Å². The zero-order valence-electron chi connectivity index (χ0n) is 12.6. The van der Waals surface area contributed by atoms with Crippen LogP contribution in [0, 0.1) is 5.41 Å². The number of carbonyl (C=O) groups excluding carboxylic acids is 1. The second-order valence-electron chi connectivity index (χ2n) is 5.99. The summed E-state index contributed by atoms with van der Waals surface area (Å²) >= 11 is 0. The van der Waals surface area contributed by atoms with Crippen LogP contribution >= 0.6 is 0 Å². The first-order valence-corrected chi connectivity index (χ1v) is 6.44. The molecule has 0 saturated heterocycles. The monoisotopic (exact) mass is 278 g/mol. The standard InChI is InChI=1S/C15H22N2O3/c1-15(2,3)12(13(18)19)17(14(20)16(4)5)11-9-7-6-8-10-11/h6-10,12H,1-5H3,(H,18,19). The van der Waals surface area contributed by atoms with Gasteiger partial charge in [0.05, 0.1) is 0 Å². The molecule has 0 aliphatic heterocycles. The average Bonchev–Trinajstić information content (AvgIpc) is 2.33. The van der Waals surface area contributed by atoms with Crippen LogP contribution in [0.15, 0.2) is 30.3 Å². The third kappa shape index (κ3) is 3.50. The van der Waals surface area contributed by atoms with E-state index in [2.05, 4.69) is 0 Å². The van der Waals surface area contributed by atoms with Crippen LogP contribution in [0.1, 0.15) is 20.8 Å². The van der Waals surface area contributed by atoms with E-state index < -0.39 is 17.4 Å². The van der Waals surface area contributed by atoms with E-state index in [0.717, 1.165) is 0 Å². The van der Waals surface area contributed by atoms with Gasteiger partial charge in [0, 0.05) is 19.8 Å². The maximum Gasteiger partial charge on any atom is 0.327 e. The molecule has 1 aromatic carbocycles. The van der Waals surface area contributed by atoms with Crippen molar-refractivity contribution in [1.82, 2.24) is 4.90 Å². The van der Waals surface area contributed by atoms with Gasteiger partial charge < -0.3 is 10.0 Å². The third-order valence-electron chi connectivity index (χ3n) is 2.94. The van der Waals surface area contributed by atoms with Crippen molar-refractivity contribution in [3.8, 4) is 0 Å². The van der Waals surface area contributed by atoms with Crippen molar-refractivity contribution in [1.29, 1.82) is 0 Å². The number of aliphatic carboxylic acids is 1. The van der Waals surface area contributed by atoms with E-state index in [1.54, 1.807) is 38.4 Å². The second-order valence-corrected chi connectivity index (χ2v) is 5.99. The first-order chi connectivity index (χ1) is 9.16. The molecule has 1 rings (SSSR count). The number of carboxylic acids is 1. The number of nitrogens with zero attached hydrogens (tertiary/aromatic N) is 2. The van der Waals surface area contributed by atoms with E-state index in [1.807, 2.05) is 26.8 Å². The Morgan fingerprint density at radius 2 is 1.60 bits per heavy atom. The molecule has 0 aliphatic carbocycles. The van der Waals surface area contributed by atoms with E-state index >= 15 is 0 Å². The van der Waals surface area contributed by atoms with E-state index in [-0.39, 0.29) is 6.03 Å². The average molecular weight is 278 g/mol. The molecular weight excluding hydrogens is 256 g/mol. The summed E-state index contributed by atoms with van der Waals surface area (Å²) in [6.07, 6.45) is 0. The third-order valence-corrected chi connectivity index (χ3v) is 2.94. The molecule has 0 fully saturated rings. The van der Waals surface area contributed by atoms with Crippen molar-refractivity contribution in [2.45, 2.75) is 26.8 Å². The number of para-hydroxylation sites is 1. The van der Waals surface area contributed by atoms with Crippen molar-refractivity contribution in [2.75, 3.05) is 19.0 Å². The normalized spacial score (nSPS) is 12.7. The molecule has 0 aliphatic rings. The molecule has 0 bridgehead atoms. The van der Waals surface area contributed by atoms with Gasteiger partial charge in [-0.2, -0.15) is 0 Å². The molecule has 5 heteroatoms. The van der Waals surface area contributed by atoms with Crippen LogP contribution < -0.4 is 4.90 Å². The number of carbonyl (C=O) groups is 2. The van der Waals surface area contributed by atoms with Gasteiger partial charge in [0.2, 0.25) is 0 Å². The molecule has 1 unspecified atom stereocenters. The second kappa shape index (κ2) is 5.94. The fourth-order valence-electron chi connectivity index (χ4n) is 2.04. The zero-order valence-corrected chi connectivity index (χ0v) is 12.6. The van der Waals surface area contributed by atoms with Crippen molar-refractivity contribution >= 4 is 17.7 Å². The Hall–Kier alpha value is -2.04. The van der Waals surface area contributed by atoms with Gasteiger partial charge in [-0.25, -0.2) is 9.59 Å². The van der Waals surface area contributed by atoms with Gasteiger partial charge in [0.1, 0.15) is 6.04 Å². The van der Waals surface area contributed by atoms with Gasteiger partial charge in [-0.1, -0.05) is 39.0 Å². The number of benzene rings is 1. The molecule has 110 valence electrons. The minimum Gasteiger partial charge on any atom is -0.480 e. The predicted molar refractivity (Wildman–Crippen MR) is 78.9 cm³/mol. The smallest absolute Gasteiger partial charge is 0.327 e. The molecule has 2 amide bonds. The van der Waals surface area contributed by atoms with Crippen LogP contribution in [-0.2, 0) is 4.79 Å². The molecule has 0 radical (unpaired) electrons. The minimum atomic E-state index is -1.02. The van der Waals surface area contributed by atoms with Crippen LogP contribution in [0.2, 0.25) is 0 Å². The van der Waals surface area contributed by atoms with E-state index in [4.69, 9.17) is 0 Å². The fourth-order valence-corrected chi connectivity index (χ4v) is 2.04. The number of rotatable bonds is 3. The van der Waals surface area contributed by atoms with Crippen molar-refractivity contribution in [3.05, 3.63) is 30.3 Å². The molecular formula is C15H22N2O3. The molecule has 5 nitrogen and oxygen atoms in total. The van der Waals surface area contributed by atoms with Crippen molar-refractivity contribution in [3.63, 3.8) is 0 Å². The topological polar surface area (TPSA) is 60.9 Å². The molecule has 0 saturated carbocycles. The highest BCUT2D eigenvalue weighted by Gasteiger charge is 2.40. The van der Waals surface area contributed by atoms with Crippen molar-refractivity contribution < 1.29 is 14.7 Å². The molecule has 0 heterocycles. The summed E-state index contributed by atoms with van der Waals surface area (Å²) in [6.45, 7) is 5.43. The molecule has 0 aromatic heterocycles. The van der Waals surface area contributed by atoms with Gasteiger partial charge in [0.15, 0.2) is 0 Å². The predicted octanol–water partition coefficient (Wildman–Crippen LogP) is 2.67. The zero-order chi connectivity index (χ0) is 15.5. The lowest BCUT2D eigenvalue weighted by molar-refractivity contribution is -0.141. The Labute approximate surface area is 119 Å². The SMILES string of the molecule is CN(C)C(=O)N(c1ccccc1)C(C(=O)O)C(C)(C)C. The van der Waals surface area contributed by atoms with Gasteiger partial charge in [-0.15, -0.1) is 0 Å². The van der Waals surface area contributed by atoms with Crippen LogP contribution in [0.4, 0.5) is 10.5 Å². The Kier molecular flexibility index (Phi) is 4.76. The van der Waals surface area contributed by atoms with Gasteiger partial charge in [-0.05, 0) is 17.5 Å². The summed E-state index contributed by atoms with van der Waals surface area (Å²) in [7, 11) is 3.22. The van der Waals surface area contributed by atoms with Gasteiger partial charge in [-0.3, -0.25) is 4.90 Å². The summed E-state index contributed by atoms with van der Waals surface area (Å²) in [5.41, 5.74) is -0.0126. The number of urea groups is 1. The lowest BCUT2D eigenvalue weighted by Gasteiger charge is -2.38. The lowest BCUT2D eigenvalue weighted by atomic mass is 9.85. The maximum atomic E-state index is 12.4. The Bertz CT molecular complexity index is 478.